The van der Waals surface area contributed by atoms with Crippen LogP contribution in [0.4, 0.5) is 0 Å². The standard InChI is InChI=1S/C32H42O/c1-5-10-29-24(17-18-33)15-16-30-28-12-9-11-25(28)21-31(32(29)30)26-14-13-23(8-4)27(20-26)19-22(6-2)7-3/h2,13-14,17-18,20,22,25,28,30-31H,5,7-12,15-16,19,21H2,1,3-4H3/b24-17-. The lowest BCUT2D eigenvalue weighted by Gasteiger charge is -2.46. The van der Waals surface area contributed by atoms with Gasteiger partial charge in [-0.3, -0.25) is 4.79 Å². The summed E-state index contributed by atoms with van der Waals surface area (Å²) < 4.78 is 0. The molecule has 5 unspecified atom stereocenters. The predicted molar refractivity (Wildman–Crippen MR) is 139 cm³/mol. The van der Waals surface area contributed by atoms with Gasteiger partial charge in [0.2, 0.25) is 0 Å². The maximum Gasteiger partial charge on any atom is 0.143 e. The van der Waals surface area contributed by atoms with Crippen LogP contribution in [0.3, 0.4) is 0 Å². The molecule has 1 nitrogen and oxygen atoms in total. The summed E-state index contributed by atoms with van der Waals surface area (Å²) in [5.74, 6) is 6.28. The van der Waals surface area contributed by atoms with Gasteiger partial charge >= 0.3 is 0 Å². The van der Waals surface area contributed by atoms with Crippen LogP contribution in [-0.2, 0) is 17.6 Å². The van der Waals surface area contributed by atoms with Gasteiger partial charge in [-0.05, 0) is 103 Å². The SMILES string of the molecule is C#CC(CC)Cc1cc(C2CC3CCCC3C3CC/C(=C/C=O)C(CCC)=C23)ccc1CC. The molecule has 0 spiro atoms. The van der Waals surface area contributed by atoms with Gasteiger partial charge in [-0.2, -0.15) is 0 Å². The van der Waals surface area contributed by atoms with Crippen molar-refractivity contribution in [2.24, 2.45) is 23.7 Å². The molecule has 3 aliphatic carbocycles. The maximum absolute atomic E-state index is 11.5. The zero-order valence-corrected chi connectivity index (χ0v) is 21.0. The molecule has 0 saturated heterocycles. The molecule has 0 heterocycles. The number of hydrogen-bond acceptors (Lipinski definition) is 1. The molecule has 0 aliphatic heterocycles. The minimum atomic E-state index is 0.315. The third kappa shape index (κ3) is 4.77. The average Bonchev–Trinajstić information content (AvgIpc) is 3.32. The molecule has 0 aromatic heterocycles. The van der Waals surface area contributed by atoms with Crippen LogP contribution in [0.25, 0.3) is 0 Å². The number of allylic oxidation sites excluding steroid dienone is 4. The van der Waals surface area contributed by atoms with E-state index in [-0.39, 0.29) is 0 Å². The van der Waals surface area contributed by atoms with E-state index in [0.717, 1.165) is 56.6 Å². The van der Waals surface area contributed by atoms with E-state index >= 15 is 0 Å². The molecule has 0 N–H and O–H groups in total. The van der Waals surface area contributed by atoms with Crippen LogP contribution in [0.5, 0.6) is 0 Å². The summed E-state index contributed by atoms with van der Waals surface area (Å²) in [6, 6.07) is 7.32. The van der Waals surface area contributed by atoms with Crippen LogP contribution in [0.15, 0.2) is 41.0 Å². The number of fused-ring (bicyclic) bond motifs is 3. The Kier molecular flexibility index (Phi) is 7.95. The average molecular weight is 443 g/mol. The second-order valence-electron chi connectivity index (χ2n) is 10.7. The van der Waals surface area contributed by atoms with Crippen molar-refractivity contribution in [3.63, 3.8) is 0 Å². The Bertz CT molecular complexity index is 955. The molecule has 176 valence electrons. The fourth-order valence-electron chi connectivity index (χ4n) is 7.38. The fraction of sp³-hybridized carbons (Fsp3) is 0.594. The monoisotopic (exact) mass is 442 g/mol. The number of hydrogen-bond donors (Lipinski definition) is 0. The van der Waals surface area contributed by atoms with E-state index in [1.165, 1.54) is 59.9 Å². The number of carbonyl (C=O) groups excluding carboxylic acids is 1. The van der Waals surface area contributed by atoms with Gasteiger partial charge in [0.1, 0.15) is 6.29 Å². The van der Waals surface area contributed by atoms with Crippen LogP contribution < -0.4 is 0 Å². The number of aldehydes is 1. The molecule has 1 aromatic rings. The first-order chi connectivity index (χ1) is 16.1. The van der Waals surface area contributed by atoms with E-state index < -0.39 is 0 Å². The third-order valence-corrected chi connectivity index (χ3v) is 8.99. The topological polar surface area (TPSA) is 17.1 Å². The second-order valence-corrected chi connectivity index (χ2v) is 10.7. The number of carbonyl (C=O) groups is 1. The molecule has 0 radical (unpaired) electrons. The fourth-order valence-corrected chi connectivity index (χ4v) is 7.38. The number of aryl methyl sites for hydroxylation is 1. The van der Waals surface area contributed by atoms with Crippen molar-refractivity contribution in [1.29, 1.82) is 0 Å². The molecule has 1 heteroatoms. The van der Waals surface area contributed by atoms with Gasteiger partial charge < -0.3 is 0 Å². The first-order valence-corrected chi connectivity index (χ1v) is 13.6. The van der Waals surface area contributed by atoms with Gasteiger partial charge in [0, 0.05) is 11.8 Å². The Hall–Kier alpha value is -2.07. The molecule has 5 atom stereocenters. The Balaban J connectivity index is 1.82. The first kappa shape index (κ1) is 24.1. The summed E-state index contributed by atoms with van der Waals surface area (Å²) >= 11 is 0. The van der Waals surface area contributed by atoms with Crippen LogP contribution in [-0.4, -0.2) is 6.29 Å². The summed E-state index contributed by atoms with van der Waals surface area (Å²) in [5, 5.41) is 0. The van der Waals surface area contributed by atoms with Crippen molar-refractivity contribution < 1.29 is 4.79 Å². The molecule has 1 aromatic carbocycles. The molecule has 33 heavy (non-hydrogen) atoms. The molecule has 2 fully saturated rings. The van der Waals surface area contributed by atoms with Gasteiger partial charge in [0.25, 0.3) is 0 Å². The molecule has 3 aliphatic rings. The zero-order chi connectivity index (χ0) is 23.4. The molecule has 0 amide bonds. The van der Waals surface area contributed by atoms with Crippen molar-refractivity contribution >= 4 is 6.29 Å². The molecule has 0 bridgehead atoms. The highest BCUT2D eigenvalue weighted by molar-refractivity contribution is 5.69. The van der Waals surface area contributed by atoms with Gasteiger partial charge in [-0.15, -0.1) is 12.3 Å². The second kappa shape index (κ2) is 10.9. The molecular formula is C32H42O. The van der Waals surface area contributed by atoms with E-state index in [2.05, 4.69) is 44.9 Å². The van der Waals surface area contributed by atoms with Gasteiger partial charge in [-0.25, -0.2) is 0 Å². The lowest BCUT2D eigenvalue weighted by Crippen LogP contribution is -2.34. The molecule has 2 saturated carbocycles. The lowest BCUT2D eigenvalue weighted by atomic mass is 9.59. The van der Waals surface area contributed by atoms with E-state index in [9.17, 15) is 4.79 Å². The van der Waals surface area contributed by atoms with E-state index in [4.69, 9.17) is 6.42 Å². The van der Waals surface area contributed by atoms with E-state index in [0.29, 0.717) is 17.8 Å². The van der Waals surface area contributed by atoms with E-state index in [1.54, 1.807) is 5.57 Å². The smallest absolute Gasteiger partial charge is 0.143 e. The van der Waals surface area contributed by atoms with Gasteiger partial charge in [-0.1, -0.05) is 63.8 Å². The summed E-state index contributed by atoms with van der Waals surface area (Å²) in [4.78, 5) is 11.5. The minimum Gasteiger partial charge on any atom is -0.299 e. The van der Waals surface area contributed by atoms with Crippen molar-refractivity contribution in [3.8, 4) is 12.3 Å². The number of terminal acetylenes is 1. The summed E-state index contributed by atoms with van der Waals surface area (Å²) in [6.45, 7) is 6.75. The zero-order valence-electron chi connectivity index (χ0n) is 21.0. The van der Waals surface area contributed by atoms with Crippen molar-refractivity contribution in [1.82, 2.24) is 0 Å². The van der Waals surface area contributed by atoms with Gasteiger partial charge in [0.05, 0.1) is 0 Å². The highest BCUT2D eigenvalue weighted by Gasteiger charge is 2.46. The Morgan fingerprint density at radius 1 is 1.15 bits per heavy atom. The maximum atomic E-state index is 11.5. The number of rotatable bonds is 8. The van der Waals surface area contributed by atoms with Crippen LogP contribution in [0.1, 0.15) is 101 Å². The first-order valence-electron chi connectivity index (χ1n) is 13.6. The van der Waals surface area contributed by atoms with E-state index in [1.807, 2.05) is 6.08 Å². The van der Waals surface area contributed by atoms with Crippen molar-refractivity contribution in [2.75, 3.05) is 0 Å². The Morgan fingerprint density at radius 2 is 2.00 bits per heavy atom. The Morgan fingerprint density at radius 3 is 2.70 bits per heavy atom. The molecule has 4 rings (SSSR count). The summed E-state index contributed by atoms with van der Waals surface area (Å²) in [5.41, 5.74) is 8.98. The molecular weight excluding hydrogens is 400 g/mol. The minimum absolute atomic E-state index is 0.315. The largest absolute Gasteiger partial charge is 0.299 e. The highest BCUT2D eigenvalue weighted by atomic mass is 16.1. The predicted octanol–water partition coefficient (Wildman–Crippen LogP) is 7.99. The van der Waals surface area contributed by atoms with Crippen molar-refractivity contribution in [3.05, 3.63) is 57.7 Å². The summed E-state index contributed by atoms with van der Waals surface area (Å²) in [6.07, 6.45) is 21.9. The normalized spacial score (nSPS) is 28.8. The van der Waals surface area contributed by atoms with Crippen LogP contribution in [0.2, 0.25) is 0 Å². The van der Waals surface area contributed by atoms with Crippen molar-refractivity contribution in [2.45, 2.75) is 97.3 Å². The summed E-state index contributed by atoms with van der Waals surface area (Å²) in [7, 11) is 0. The quantitative estimate of drug-likeness (QED) is 0.226. The third-order valence-electron chi connectivity index (χ3n) is 8.99. The van der Waals surface area contributed by atoms with Crippen LogP contribution in [0, 0.1) is 36.0 Å². The Labute approximate surface area is 202 Å². The van der Waals surface area contributed by atoms with Crippen LogP contribution >= 0.6 is 0 Å². The lowest BCUT2D eigenvalue weighted by molar-refractivity contribution is -0.104. The highest BCUT2D eigenvalue weighted by Crippen LogP contribution is 2.58. The van der Waals surface area contributed by atoms with Gasteiger partial charge in [0.15, 0.2) is 0 Å². The number of benzene rings is 1.